The van der Waals surface area contributed by atoms with Gasteiger partial charge in [0.1, 0.15) is 5.69 Å². The highest BCUT2D eigenvalue weighted by Crippen LogP contribution is 2.27. The first-order valence-electron chi connectivity index (χ1n) is 6.66. The van der Waals surface area contributed by atoms with E-state index in [-0.39, 0.29) is 11.7 Å². The van der Waals surface area contributed by atoms with Crippen molar-refractivity contribution in [2.45, 2.75) is 12.8 Å². The van der Waals surface area contributed by atoms with Crippen LogP contribution in [0.3, 0.4) is 0 Å². The zero-order valence-corrected chi connectivity index (χ0v) is 11.1. The first-order valence-corrected chi connectivity index (χ1v) is 6.66. The third-order valence-electron chi connectivity index (χ3n) is 3.07. The number of amides is 2. The number of anilines is 1. The summed E-state index contributed by atoms with van der Waals surface area (Å²) in [5, 5.41) is 19.2. The Morgan fingerprint density at radius 1 is 1.25 bits per heavy atom. The molecule has 2 rings (SSSR count). The summed E-state index contributed by atoms with van der Waals surface area (Å²) in [5.74, 6) is 0.644. The van der Waals surface area contributed by atoms with Crippen molar-refractivity contribution in [3.05, 3.63) is 34.4 Å². The smallest absolute Gasteiger partial charge is 0.314 e. The van der Waals surface area contributed by atoms with Gasteiger partial charge in [0, 0.05) is 25.7 Å². The first-order chi connectivity index (χ1) is 9.66. The summed E-state index contributed by atoms with van der Waals surface area (Å²) in [6.07, 6.45) is 2.39. The van der Waals surface area contributed by atoms with Crippen molar-refractivity contribution in [3.8, 4) is 0 Å². The number of nitro benzene ring substituents is 1. The summed E-state index contributed by atoms with van der Waals surface area (Å²) in [6, 6.07) is 6.24. The second-order valence-electron chi connectivity index (χ2n) is 4.78. The molecular weight excluding hydrogens is 260 g/mol. The number of carbonyl (C=O) groups is 1. The molecule has 1 aromatic carbocycles. The largest absolute Gasteiger partial charge is 0.378 e. The lowest BCUT2D eigenvalue weighted by Gasteiger charge is -2.09. The molecule has 0 atom stereocenters. The van der Waals surface area contributed by atoms with Crippen molar-refractivity contribution in [1.29, 1.82) is 0 Å². The number of hydrogen-bond acceptors (Lipinski definition) is 4. The molecule has 1 aliphatic carbocycles. The topological polar surface area (TPSA) is 96.3 Å². The van der Waals surface area contributed by atoms with E-state index in [1.807, 2.05) is 0 Å². The lowest BCUT2D eigenvalue weighted by Crippen LogP contribution is -2.38. The Balaban J connectivity index is 1.67. The van der Waals surface area contributed by atoms with Crippen LogP contribution in [-0.4, -0.2) is 30.6 Å². The van der Waals surface area contributed by atoms with E-state index in [0.717, 1.165) is 6.54 Å². The van der Waals surface area contributed by atoms with Crippen molar-refractivity contribution in [1.82, 2.24) is 10.6 Å². The molecule has 1 fully saturated rings. The van der Waals surface area contributed by atoms with E-state index in [2.05, 4.69) is 16.0 Å². The fourth-order valence-electron chi connectivity index (χ4n) is 1.78. The highest BCUT2D eigenvalue weighted by molar-refractivity contribution is 5.73. The maximum Gasteiger partial charge on any atom is 0.314 e. The number of nitrogens with one attached hydrogen (secondary N) is 3. The lowest BCUT2D eigenvalue weighted by atomic mass is 10.2. The Kier molecular flexibility index (Phi) is 4.75. The molecule has 1 aromatic rings. The molecule has 0 aliphatic heterocycles. The molecule has 0 saturated heterocycles. The molecule has 0 radical (unpaired) electrons. The highest BCUT2D eigenvalue weighted by atomic mass is 16.6. The van der Waals surface area contributed by atoms with Gasteiger partial charge in [0.05, 0.1) is 4.92 Å². The zero-order chi connectivity index (χ0) is 14.4. The molecule has 0 aromatic heterocycles. The van der Waals surface area contributed by atoms with Crippen LogP contribution in [0, 0.1) is 16.0 Å². The Morgan fingerprint density at radius 3 is 2.70 bits per heavy atom. The van der Waals surface area contributed by atoms with Crippen LogP contribution in [0.4, 0.5) is 16.2 Å². The van der Waals surface area contributed by atoms with E-state index in [9.17, 15) is 14.9 Å². The molecule has 1 saturated carbocycles. The van der Waals surface area contributed by atoms with Crippen molar-refractivity contribution < 1.29 is 9.72 Å². The Labute approximate surface area is 116 Å². The minimum atomic E-state index is -0.432. The maximum absolute atomic E-state index is 11.4. The number of carbonyl (C=O) groups excluding carboxylic acids is 1. The summed E-state index contributed by atoms with van der Waals surface area (Å²) in [6.45, 7) is 1.56. The van der Waals surface area contributed by atoms with Gasteiger partial charge in [-0.05, 0) is 24.8 Å². The molecule has 1 aliphatic rings. The normalized spacial score (nSPS) is 13.6. The second-order valence-corrected chi connectivity index (χ2v) is 4.78. The van der Waals surface area contributed by atoms with Crippen LogP contribution < -0.4 is 16.0 Å². The van der Waals surface area contributed by atoms with Gasteiger partial charge < -0.3 is 16.0 Å². The molecule has 7 nitrogen and oxygen atoms in total. The van der Waals surface area contributed by atoms with Crippen LogP contribution in [-0.2, 0) is 0 Å². The molecule has 108 valence electrons. The number of para-hydroxylation sites is 2. The average molecular weight is 278 g/mol. The van der Waals surface area contributed by atoms with Gasteiger partial charge in [-0.15, -0.1) is 0 Å². The van der Waals surface area contributed by atoms with Gasteiger partial charge in [0.15, 0.2) is 0 Å². The van der Waals surface area contributed by atoms with Gasteiger partial charge in [-0.25, -0.2) is 4.79 Å². The maximum atomic E-state index is 11.4. The van der Waals surface area contributed by atoms with Crippen LogP contribution in [0.5, 0.6) is 0 Å². The van der Waals surface area contributed by atoms with Crippen molar-refractivity contribution in [3.63, 3.8) is 0 Å². The monoisotopic (exact) mass is 278 g/mol. The Bertz CT molecular complexity index is 488. The molecule has 3 N–H and O–H groups in total. The van der Waals surface area contributed by atoms with Crippen LogP contribution in [0.2, 0.25) is 0 Å². The van der Waals surface area contributed by atoms with E-state index < -0.39 is 4.92 Å². The predicted octanol–water partition coefficient (Wildman–Crippen LogP) is 1.72. The van der Waals surface area contributed by atoms with Crippen molar-refractivity contribution in [2.24, 2.45) is 5.92 Å². The van der Waals surface area contributed by atoms with Crippen LogP contribution >= 0.6 is 0 Å². The highest BCUT2D eigenvalue weighted by Gasteiger charge is 2.21. The lowest BCUT2D eigenvalue weighted by molar-refractivity contribution is -0.384. The minimum Gasteiger partial charge on any atom is -0.378 e. The molecule has 7 heteroatoms. The number of nitrogens with zero attached hydrogens (tertiary/aromatic N) is 1. The standard InChI is InChI=1S/C13H18N4O3/c18-13(16-9-10-5-6-10)15-8-7-14-11-3-1-2-4-12(11)17(19)20/h1-4,10,14H,5-9H2,(H2,15,16,18). The average Bonchev–Trinajstić information content (AvgIpc) is 3.26. The number of benzene rings is 1. The summed E-state index contributed by atoms with van der Waals surface area (Å²) in [4.78, 5) is 21.8. The van der Waals surface area contributed by atoms with E-state index >= 15 is 0 Å². The molecule has 2 amide bonds. The van der Waals surface area contributed by atoms with Crippen LogP contribution in [0.25, 0.3) is 0 Å². The number of rotatable bonds is 7. The fraction of sp³-hybridized carbons (Fsp3) is 0.462. The number of hydrogen-bond donors (Lipinski definition) is 3. The van der Waals surface area contributed by atoms with E-state index in [1.54, 1.807) is 18.2 Å². The SMILES string of the molecule is O=C(NCCNc1ccccc1[N+](=O)[O-])NCC1CC1. The van der Waals surface area contributed by atoms with E-state index in [1.165, 1.54) is 18.9 Å². The third kappa shape index (κ3) is 4.42. The van der Waals surface area contributed by atoms with Crippen LogP contribution in [0.1, 0.15) is 12.8 Å². The second kappa shape index (κ2) is 6.74. The third-order valence-corrected chi connectivity index (χ3v) is 3.07. The Hall–Kier alpha value is -2.31. The van der Waals surface area contributed by atoms with Gasteiger partial charge in [0.25, 0.3) is 5.69 Å². The van der Waals surface area contributed by atoms with E-state index in [4.69, 9.17) is 0 Å². The zero-order valence-electron chi connectivity index (χ0n) is 11.1. The van der Waals surface area contributed by atoms with Gasteiger partial charge in [0.2, 0.25) is 0 Å². The van der Waals surface area contributed by atoms with Crippen molar-refractivity contribution in [2.75, 3.05) is 25.0 Å². The van der Waals surface area contributed by atoms with E-state index in [0.29, 0.717) is 24.7 Å². The van der Waals surface area contributed by atoms with Gasteiger partial charge in [-0.1, -0.05) is 12.1 Å². The molecule has 0 bridgehead atoms. The molecule has 0 unspecified atom stereocenters. The predicted molar refractivity (Wildman–Crippen MR) is 75.7 cm³/mol. The summed E-state index contributed by atoms with van der Waals surface area (Å²) in [7, 11) is 0. The molecule has 0 heterocycles. The first kappa shape index (κ1) is 14.1. The van der Waals surface area contributed by atoms with Crippen molar-refractivity contribution >= 4 is 17.4 Å². The summed E-state index contributed by atoms with van der Waals surface area (Å²) >= 11 is 0. The summed E-state index contributed by atoms with van der Waals surface area (Å²) in [5.41, 5.74) is 0.489. The number of urea groups is 1. The minimum absolute atomic E-state index is 0.0330. The quantitative estimate of drug-likeness (QED) is 0.402. The van der Waals surface area contributed by atoms with Crippen LogP contribution in [0.15, 0.2) is 24.3 Å². The summed E-state index contributed by atoms with van der Waals surface area (Å²) < 4.78 is 0. The Morgan fingerprint density at radius 2 is 2.00 bits per heavy atom. The number of nitro groups is 1. The molecule has 0 spiro atoms. The van der Waals surface area contributed by atoms with Gasteiger partial charge in [-0.3, -0.25) is 10.1 Å². The van der Waals surface area contributed by atoms with Gasteiger partial charge in [-0.2, -0.15) is 0 Å². The molecule has 20 heavy (non-hydrogen) atoms. The van der Waals surface area contributed by atoms with Gasteiger partial charge >= 0.3 is 6.03 Å². The molecular formula is C13H18N4O3. The fourth-order valence-corrected chi connectivity index (χ4v) is 1.78.